The lowest BCUT2D eigenvalue weighted by Gasteiger charge is -2.23. The van der Waals surface area contributed by atoms with Gasteiger partial charge in [-0.3, -0.25) is 9.59 Å². The molecule has 0 aliphatic heterocycles. The number of hydrogen-bond donors (Lipinski definition) is 3. The predicted molar refractivity (Wildman–Crippen MR) is 132 cm³/mol. The molecule has 0 spiro atoms. The van der Waals surface area contributed by atoms with Crippen LogP contribution in [0.1, 0.15) is 64.4 Å². The Labute approximate surface area is 210 Å². The maximum absolute atomic E-state index is 13.0. The largest absolute Gasteiger partial charge is 0.511 e. The summed E-state index contributed by atoms with van der Waals surface area (Å²) in [5.74, 6) is -1.43. The monoisotopic (exact) mass is 501 g/mol. The van der Waals surface area contributed by atoms with E-state index in [2.05, 4.69) is 10.3 Å². The molecular weight excluding hydrogens is 466 g/mol. The zero-order valence-electron chi connectivity index (χ0n) is 20.8. The van der Waals surface area contributed by atoms with Crippen molar-refractivity contribution in [1.82, 2.24) is 10.3 Å². The van der Waals surface area contributed by atoms with Crippen LogP contribution >= 0.6 is 0 Å². The summed E-state index contributed by atoms with van der Waals surface area (Å²) in [4.78, 5) is 52.2. The second kappa shape index (κ2) is 13.1. The zero-order valence-corrected chi connectivity index (χ0v) is 20.8. The molecule has 10 heteroatoms. The van der Waals surface area contributed by atoms with Crippen LogP contribution in [0.25, 0.3) is 10.9 Å². The molecule has 3 rings (SSSR count). The molecule has 36 heavy (non-hydrogen) atoms. The number of esters is 1. The molecule has 10 nitrogen and oxygen atoms in total. The van der Waals surface area contributed by atoms with E-state index < -0.39 is 36.4 Å². The fourth-order valence-corrected chi connectivity index (χ4v) is 4.22. The van der Waals surface area contributed by atoms with Crippen LogP contribution in [0.4, 0.5) is 4.79 Å². The molecule has 1 aromatic carbocycles. The lowest BCUT2D eigenvalue weighted by Crippen LogP contribution is -2.45. The number of aromatic nitrogens is 1. The van der Waals surface area contributed by atoms with Gasteiger partial charge in [0, 0.05) is 36.9 Å². The summed E-state index contributed by atoms with van der Waals surface area (Å²) in [6.07, 6.45) is 4.43. The van der Waals surface area contributed by atoms with Gasteiger partial charge in [-0.1, -0.05) is 24.6 Å². The van der Waals surface area contributed by atoms with Crippen LogP contribution in [0.5, 0.6) is 0 Å². The van der Waals surface area contributed by atoms with Gasteiger partial charge in [-0.05, 0) is 50.7 Å². The fraction of sp³-hybridized carbons (Fsp3) is 0.538. The highest BCUT2D eigenvalue weighted by Gasteiger charge is 2.28. The fourth-order valence-electron chi connectivity index (χ4n) is 4.22. The van der Waals surface area contributed by atoms with Gasteiger partial charge in [0.2, 0.25) is 12.2 Å². The minimum atomic E-state index is -1.21. The second-order valence-corrected chi connectivity index (χ2v) is 9.19. The summed E-state index contributed by atoms with van der Waals surface area (Å²) in [7, 11) is 0. The number of ketones is 1. The van der Waals surface area contributed by atoms with Gasteiger partial charge in [0.25, 0.3) is 0 Å². The first kappa shape index (κ1) is 27.2. The van der Waals surface area contributed by atoms with Gasteiger partial charge in [-0.2, -0.15) is 0 Å². The summed E-state index contributed by atoms with van der Waals surface area (Å²) >= 11 is 0. The number of benzene rings is 1. The molecule has 196 valence electrons. The molecule has 0 saturated heterocycles. The molecule has 1 aliphatic rings. The number of ether oxygens (including phenoxy) is 3. The number of aromatic amines is 1. The molecule has 1 aromatic heterocycles. The number of amides is 1. The second-order valence-electron chi connectivity index (χ2n) is 9.19. The molecular formula is C26H35N3O7. The van der Waals surface area contributed by atoms with Gasteiger partial charge in [-0.25, -0.2) is 9.59 Å². The molecule has 1 aliphatic carbocycles. The molecule has 3 atom stereocenters. The zero-order chi connectivity index (χ0) is 26.1. The first-order valence-electron chi connectivity index (χ1n) is 12.4. The number of hydrogen-bond acceptors (Lipinski definition) is 8. The van der Waals surface area contributed by atoms with Crippen LogP contribution < -0.4 is 11.1 Å². The van der Waals surface area contributed by atoms with E-state index in [4.69, 9.17) is 19.9 Å². The van der Waals surface area contributed by atoms with Crippen LogP contribution in [0.3, 0.4) is 0 Å². The quantitative estimate of drug-likeness (QED) is 0.314. The molecule has 1 heterocycles. The Morgan fingerprint density at radius 1 is 1.11 bits per heavy atom. The van der Waals surface area contributed by atoms with E-state index in [-0.39, 0.29) is 31.1 Å². The van der Waals surface area contributed by atoms with Crippen LogP contribution in [0.2, 0.25) is 0 Å². The van der Waals surface area contributed by atoms with E-state index in [1.807, 2.05) is 24.3 Å². The molecule has 0 bridgehead atoms. The minimum absolute atomic E-state index is 0.0296. The summed E-state index contributed by atoms with van der Waals surface area (Å²) in [5, 5.41) is 3.58. The number of para-hydroxylation sites is 1. The van der Waals surface area contributed by atoms with Crippen molar-refractivity contribution in [2.75, 3.05) is 0 Å². The third-order valence-corrected chi connectivity index (χ3v) is 6.28. The average Bonchev–Trinajstić information content (AvgIpc) is 3.25. The Morgan fingerprint density at radius 2 is 1.83 bits per heavy atom. The molecule has 1 saturated carbocycles. The molecule has 1 amide bonds. The van der Waals surface area contributed by atoms with E-state index in [9.17, 15) is 19.2 Å². The van der Waals surface area contributed by atoms with Crippen molar-refractivity contribution in [3.05, 3.63) is 36.0 Å². The van der Waals surface area contributed by atoms with Crippen molar-refractivity contribution in [3.8, 4) is 0 Å². The van der Waals surface area contributed by atoms with Crippen molar-refractivity contribution in [1.29, 1.82) is 0 Å². The lowest BCUT2D eigenvalue weighted by atomic mass is 9.98. The molecule has 2 aromatic rings. The molecule has 1 unspecified atom stereocenters. The maximum atomic E-state index is 13.0. The first-order valence-corrected chi connectivity index (χ1v) is 12.4. The smallest absolute Gasteiger partial charge is 0.431 e. The predicted octanol–water partition coefficient (Wildman–Crippen LogP) is 3.27. The summed E-state index contributed by atoms with van der Waals surface area (Å²) in [6.45, 7) is 2.77. The highest BCUT2D eigenvalue weighted by atomic mass is 16.8. The van der Waals surface area contributed by atoms with Crippen LogP contribution in [0, 0.1) is 0 Å². The van der Waals surface area contributed by atoms with E-state index in [0.29, 0.717) is 0 Å². The van der Waals surface area contributed by atoms with Crippen molar-refractivity contribution < 1.29 is 33.4 Å². The van der Waals surface area contributed by atoms with Gasteiger partial charge in [0.15, 0.2) is 0 Å². The van der Waals surface area contributed by atoms with Crippen molar-refractivity contribution >= 4 is 34.7 Å². The molecule has 4 N–H and O–H groups in total. The van der Waals surface area contributed by atoms with Gasteiger partial charge in [0.1, 0.15) is 17.9 Å². The number of H-pyrrole nitrogens is 1. The van der Waals surface area contributed by atoms with Crippen molar-refractivity contribution in [2.45, 2.75) is 89.7 Å². The summed E-state index contributed by atoms with van der Waals surface area (Å²) in [6, 6.07) is 5.78. The van der Waals surface area contributed by atoms with Crippen LogP contribution in [0.15, 0.2) is 30.5 Å². The number of rotatable bonds is 11. The number of nitrogens with one attached hydrogen (secondary N) is 2. The minimum Gasteiger partial charge on any atom is -0.431 e. The number of Topliss-reactive ketones (excluding diaryl/α,β-unsaturated/α-hetero) is 1. The maximum Gasteiger partial charge on any atom is 0.511 e. The third kappa shape index (κ3) is 8.08. The van der Waals surface area contributed by atoms with E-state index in [1.54, 1.807) is 6.20 Å². The first-order chi connectivity index (χ1) is 17.2. The van der Waals surface area contributed by atoms with Crippen molar-refractivity contribution in [2.24, 2.45) is 5.73 Å². The third-order valence-electron chi connectivity index (χ3n) is 6.28. The standard InChI is InChI=1S/C26H35N3O7/c1-16(30)21(27)12-13-24(31)29-23(14-18-15-28-22-11-7-6-10-20(18)22)25(32)34-17(2)35-26(33)36-19-8-4-3-5-9-19/h6-7,10-11,15,17,19,21,23,28H,3-5,8-9,12-14,27H2,1-2H3,(H,29,31)/t17?,21-,23-/m1/s1. The van der Waals surface area contributed by atoms with Crippen LogP contribution in [-0.2, 0) is 35.0 Å². The van der Waals surface area contributed by atoms with E-state index >= 15 is 0 Å². The lowest BCUT2D eigenvalue weighted by molar-refractivity contribution is -0.172. The number of carbonyl (C=O) groups excluding carboxylic acids is 4. The van der Waals surface area contributed by atoms with Crippen LogP contribution in [-0.4, -0.2) is 53.3 Å². The Kier molecular flexibility index (Phi) is 9.86. The number of carbonyl (C=O) groups is 4. The number of fused-ring (bicyclic) bond motifs is 1. The van der Waals surface area contributed by atoms with E-state index in [1.165, 1.54) is 13.8 Å². The Morgan fingerprint density at radius 3 is 2.56 bits per heavy atom. The summed E-state index contributed by atoms with van der Waals surface area (Å²) < 4.78 is 15.8. The highest BCUT2D eigenvalue weighted by molar-refractivity contribution is 5.88. The van der Waals surface area contributed by atoms with Gasteiger partial charge in [-0.15, -0.1) is 0 Å². The Hall–Kier alpha value is -3.40. The molecule has 0 radical (unpaired) electrons. The van der Waals surface area contributed by atoms with Crippen molar-refractivity contribution in [3.63, 3.8) is 0 Å². The Balaban J connectivity index is 1.62. The SMILES string of the molecule is CC(=O)[C@H](N)CCC(=O)N[C@H](Cc1c[nH]c2ccccc12)C(=O)OC(C)OC(=O)OC1CCCCC1. The van der Waals surface area contributed by atoms with Gasteiger partial charge >= 0.3 is 12.1 Å². The van der Waals surface area contributed by atoms with Gasteiger partial charge in [0.05, 0.1) is 6.04 Å². The molecule has 1 fully saturated rings. The normalized spacial score (nSPS) is 16.5. The Bertz CT molecular complexity index is 1060. The van der Waals surface area contributed by atoms with Gasteiger partial charge < -0.3 is 30.2 Å². The average molecular weight is 502 g/mol. The topological polar surface area (TPSA) is 150 Å². The number of nitrogens with two attached hydrogens (primary N) is 1. The summed E-state index contributed by atoms with van der Waals surface area (Å²) in [5.41, 5.74) is 7.41. The van der Waals surface area contributed by atoms with E-state index in [0.717, 1.165) is 48.6 Å². The highest BCUT2D eigenvalue weighted by Crippen LogP contribution is 2.22.